The van der Waals surface area contributed by atoms with Gasteiger partial charge in [0.2, 0.25) is 18.3 Å². The van der Waals surface area contributed by atoms with E-state index in [-0.39, 0.29) is 51.4 Å². The van der Waals surface area contributed by atoms with Gasteiger partial charge in [-0.05, 0) is 35.9 Å². The van der Waals surface area contributed by atoms with E-state index in [0.29, 0.717) is 5.56 Å². The van der Waals surface area contributed by atoms with E-state index in [1.807, 2.05) is 0 Å². The largest absolute Gasteiger partial charge is 0.571 e. The van der Waals surface area contributed by atoms with E-state index in [2.05, 4.69) is 0 Å². The van der Waals surface area contributed by atoms with Crippen LogP contribution >= 0.6 is 0 Å². The zero-order valence-corrected chi connectivity index (χ0v) is 33.2. The van der Waals surface area contributed by atoms with Crippen LogP contribution in [0.25, 0.3) is 12.2 Å². The molecule has 3 aliphatic heterocycles. The number of aliphatic carboxylic acids is 1. The predicted octanol–water partition coefficient (Wildman–Crippen LogP) is -0.557. The van der Waals surface area contributed by atoms with Crippen molar-refractivity contribution in [3.8, 4) is 40.2 Å². The number of phenols is 3. The summed E-state index contributed by atoms with van der Waals surface area (Å²) in [5.41, 5.74) is 0.791. The van der Waals surface area contributed by atoms with Crippen LogP contribution in [0.4, 0.5) is 0 Å². The van der Waals surface area contributed by atoms with Crippen LogP contribution in [-0.2, 0) is 38.1 Å². The summed E-state index contributed by atoms with van der Waals surface area (Å²) < 4.78 is 49.0. The normalized spacial score (nSPS) is 27.9. The van der Waals surface area contributed by atoms with Crippen LogP contribution < -0.4 is 14.2 Å². The summed E-state index contributed by atoms with van der Waals surface area (Å²) in [6.07, 6.45) is -16.5. The fourth-order valence-corrected chi connectivity index (χ4v) is 6.65. The Bertz CT molecular complexity index is 2160. The number of hydrogen-bond acceptors (Lipinski definition) is 20. The first-order valence-corrected chi connectivity index (χ1v) is 19.0. The summed E-state index contributed by atoms with van der Waals surface area (Å²) in [5.74, 6) is -4.92. The molecule has 22 heteroatoms. The maximum atomic E-state index is 12.6. The van der Waals surface area contributed by atoms with Crippen molar-refractivity contribution in [1.29, 1.82) is 0 Å². The number of esters is 2. The highest BCUT2D eigenvalue weighted by Crippen LogP contribution is 2.49. The molecule has 0 bridgehead atoms. The standard InChI is InChI=1S/C41H44O22/c1-55-24-9-18(10-25(56-2)32(24)48)39-26(61-41-38(54)36(52)33(49)27(63-41)15-57-30(46)8-5-17-3-6-19(42)7-4-17)13-21-22(59-39)11-20(43)12-23(21)60-40-37(53)35(51)34(50)28(62-40)16-58-31(47)14-29(44)45/h3-13,27-28,33-43,48-54H,14-16H2,1-2H3,(H,44,45)/p+1/b8-5-/t27-,28+,33-,34-,35-,36+,37+,38+,39?,40+,41+/m0/s1. The zero-order chi connectivity index (χ0) is 45.7. The lowest BCUT2D eigenvalue weighted by atomic mass is 9.98. The number of benzene rings is 3. The van der Waals surface area contributed by atoms with Crippen LogP contribution in [0.5, 0.6) is 40.2 Å². The molecule has 0 aliphatic carbocycles. The first kappa shape index (κ1) is 46.1. The molecule has 3 heterocycles. The smallest absolute Gasteiger partial charge is 0.330 e. The highest BCUT2D eigenvalue weighted by molar-refractivity contribution is 5.90. The van der Waals surface area contributed by atoms with Crippen LogP contribution in [0.15, 0.2) is 60.4 Å². The molecule has 0 spiro atoms. The Morgan fingerprint density at radius 1 is 0.698 bits per heavy atom. The average Bonchev–Trinajstić information content (AvgIpc) is 3.25. The molecule has 3 aromatic carbocycles. The summed E-state index contributed by atoms with van der Waals surface area (Å²) in [5, 5.41) is 105. The number of aliphatic hydroxyl groups excluding tert-OH is 6. The number of carboxylic acid groups (broad SMARTS) is 1. The van der Waals surface area contributed by atoms with E-state index in [0.717, 1.165) is 12.1 Å². The fraction of sp³-hybridized carbons (Fsp3) is 0.390. The molecule has 340 valence electrons. The SMILES string of the molecule is COc1cc(C2[OH+]c3cc(O)cc(O[C@@H]4O[C@H](COC(=O)CC(=O)O)[C@H](O)[C@H](O)[C@H]4O)c3C=C2O[C@@H]2O[C@@H](COC(=O)/C=C\c3ccc(O)cc3)[C@H](O)[C@@H](O)[C@H]2O)cc(OC)c1O. The van der Waals surface area contributed by atoms with Crippen LogP contribution in [-0.4, -0.2) is 163 Å². The number of carboxylic acids is 1. The van der Waals surface area contributed by atoms with Gasteiger partial charge in [-0.1, -0.05) is 12.1 Å². The van der Waals surface area contributed by atoms with Gasteiger partial charge in [0, 0.05) is 18.2 Å². The van der Waals surface area contributed by atoms with E-state index >= 15 is 0 Å². The number of hydrogen-bond donors (Lipinski definition) is 10. The number of carbonyl (C=O) groups excluding carboxylic acids is 2. The third kappa shape index (κ3) is 10.6. The minimum Gasteiger partial charge on any atom is -0.571 e. The highest BCUT2D eigenvalue weighted by Gasteiger charge is 2.49. The van der Waals surface area contributed by atoms with Crippen molar-refractivity contribution in [2.75, 3.05) is 27.4 Å². The van der Waals surface area contributed by atoms with Gasteiger partial charge in [-0.25, -0.2) is 4.79 Å². The molecule has 2 saturated heterocycles. The number of ether oxygens (including phenoxy) is 9. The second-order valence-corrected chi connectivity index (χ2v) is 14.3. The maximum Gasteiger partial charge on any atom is 0.330 e. The van der Waals surface area contributed by atoms with Crippen LogP contribution in [0.1, 0.15) is 29.2 Å². The summed E-state index contributed by atoms with van der Waals surface area (Å²) in [6.45, 7) is -1.39. The van der Waals surface area contributed by atoms with E-state index in [1.54, 1.807) is 12.1 Å². The van der Waals surface area contributed by atoms with Crippen molar-refractivity contribution < 1.29 is 108 Å². The third-order valence-corrected chi connectivity index (χ3v) is 9.98. The molecule has 0 radical (unpaired) electrons. The fourth-order valence-electron chi connectivity index (χ4n) is 6.65. The molecule has 22 nitrogen and oxygen atoms in total. The number of fused-ring (bicyclic) bond motifs is 1. The van der Waals surface area contributed by atoms with Gasteiger partial charge in [-0.3, -0.25) is 9.59 Å². The van der Waals surface area contributed by atoms with Gasteiger partial charge in [0.25, 0.3) is 11.9 Å². The van der Waals surface area contributed by atoms with Crippen molar-refractivity contribution in [3.63, 3.8) is 0 Å². The first-order valence-electron chi connectivity index (χ1n) is 19.0. The summed E-state index contributed by atoms with van der Waals surface area (Å²) in [4.78, 5) is 35.3. The van der Waals surface area contributed by atoms with E-state index in [4.69, 9.17) is 47.7 Å². The molecule has 1 unspecified atom stereocenters. The van der Waals surface area contributed by atoms with Crippen LogP contribution in [0.2, 0.25) is 0 Å². The van der Waals surface area contributed by atoms with Crippen LogP contribution in [0, 0.1) is 0 Å². The Hall–Kier alpha value is -6.37. The van der Waals surface area contributed by atoms with Crippen molar-refractivity contribution in [2.45, 2.75) is 73.9 Å². The van der Waals surface area contributed by atoms with Crippen molar-refractivity contribution in [1.82, 2.24) is 0 Å². The molecule has 11 N–H and O–H groups in total. The van der Waals surface area contributed by atoms with Gasteiger partial charge in [-0.2, -0.15) is 0 Å². The lowest BCUT2D eigenvalue weighted by Crippen LogP contribution is -2.60. The molecule has 6 rings (SSSR count). The molecule has 0 amide bonds. The van der Waals surface area contributed by atoms with Gasteiger partial charge >= 0.3 is 17.9 Å². The quantitative estimate of drug-likeness (QED) is 0.0396. The van der Waals surface area contributed by atoms with E-state index < -0.39 is 111 Å². The monoisotopic (exact) mass is 889 g/mol. The van der Waals surface area contributed by atoms with E-state index in [9.17, 15) is 60.3 Å². The van der Waals surface area contributed by atoms with Gasteiger partial charge < -0.3 is 93.7 Å². The first-order chi connectivity index (χ1) is 30.0. The molecule has 63 heavy (non-hydrogen) atoms. The van der Waals surface area contributed by atoms with Gasteiger partial charge in [0.15, 0.2) is 17.3 Å². The second kappa shape index (κ2) is 19.8. The number of aromatic hydroxyl groups is 4. The number of phenolic OH excluding ortho intramolecular Hbond substituents is 3. The number of methoxy groups -OCH3 is 2. The van der Waals surface area contributed by atoms with Gasteiger partial charge in [0.05, 0.1) is 25.8 Å². The molecule has 3 aromatic rings. The summed E-state index contributed by atoms with van der Waals surface area (Å²) in [7, 11) is 2.55. The van der Waals surface area contributed by atoms with Crippen molar-refractivity contribution >= 4 is 30.1 Å². The average molecular weight is 890 g/mol. The Morgan fingerprint density at radius 2 is 1.27 bits per heavy atom. The highest BCUT2D eigenvalue weighted by atomic mass is 16.7. The lowest BCUT2D eigenvalue weighted by molar-refractivity contribution is -0.296. The second-order valence-electron chi connectivity index (χ2n) is 14.3. The van der Waals surface area contributed by atoms with Gasteiger partial charge in [-0.15, -0.1) is 0 Å². The van der Waals surface area contributed by atoms with Gasteiger partial charge in [0.1, 0.15) is 91.3 Å². The maximum absolute atomic E-state index is 12.6. The minimum atomic E-state index is -1.96. The molecular weight excluding hydrogens is 844 g/mol. The molecule has 11 atom stereocenters. The number of aliphatic hydroxyl groups is 7. The molecular formula is C41H45O22+. The molecule has 0 saturated carbocycles. The summed E-state index contributed by atoms with van der Waals surface area (Å²) >= 11 is 0. The van der Waals surface area contributed by atoms with Crippen molar-refractivity contribution in [3.05, 3.63) is 77.1 Å². The lowest BCUT2D eigenvalue weighted by Gasteiger charge is -2.41. The van der Waals surface area contributed by atoms with Crippen molar-refractivity contribution in [2.24, 2.45) is 0 Å². The summed E-state index contributed by atoms with van der Waals surface area (Å²) in [6, 6.07) is 10.9. The Morgan fingerprint density at radius 3 is 1.84 bits per heavy atom. The Balaban J connectivity index is 1.31. The number of rotatable bonds is 15. The zero-order valence-electron chi connectivity index (χ0n) is 33.2. The Labute approximate surface area is 356 Å². The third-order valence-electron chi connectivity index (χ3n) is 9.98. The minimum absolute atomic E-state index is 0.00380. The Kier molecular flexibility index (Phi) is 14.5. The number of carbonyl (C=O) groups is 3. The molecule has 2 fully saturated rings. The topological polar surface area (TPSA) is 340 Å². The van der Waals surface area contributed by atoms with Crippen LogP contribution in [0.3, 0.4) is 0 Å². The van der Waals surface area contributed by atoms with E-state index in [1.165, 1.54) is 56.7 Å². The molecule has 3 aliphatic rings. The molecule has 0 aromatic heterocycles. The predicted molar refractivity (Wildman–Crippen MR) is 208 cm³/mol.